The Morgan fingerprint density at radius 3 is 2.85 bits per heavy atom. The molecule has 0 aliphatic heterocycles. The molecular formula is C16H14FN3O4S2. The molecule has 1 N–H and O–H groups in total. The molecule has 10 heteroatoms. The Kier molecular flexibility index (Phi) is 4.88. The molecule has 1 aromatic carbocycles. The number of sulfone groups is 1. The smallest absolute Gasteiger partial charge is 0.262 e. The number of rotatable bonds is 5. The van der Waals surface area contributed by atoms with Crippen LogP contribution in [0.4, 0.5) is 10.1 Å². The van der Waals surface area contributed by atoms with Crippen molar-refractivity contribution in [2.45, 2.75) is 17.9 Å². The molecule has 3 rings (SSSR count). The monoisotopic (exact) mass is 395 g/mol. The molecule has 0 aliphatic rings. The number of carbonyl (C=O) groups excluding carboxylic acids is 1. The van der Waals surface area contributed by atoms with E-state index in [4.69, 9.17) is 0 Å². The zero-order valence-corrected chi connectivity index (χ0v) is 15.2. The molecule has 2 heterocycles. The lowest BCUT2D eigenvalue weighted by Crippen LogP contribution is -2.23. The number of nitrogens with zero attached hydrogens (tertiary/aromatic N) is 2. The molecule has 1 amide bonds. The third-order valence-electron chi connectivity index (χ3n) is 3.67. The highest BCUT2D eigenvalue weighted by molar-refractivity contribution is 7.90. The SMILES string of the molecule is CS(=O)(=O)c1ccc(F)c(NC(=O)CCn2cnc3sccc3c2=O)c1. The summed E-state index contributed by atoms with van der Waals surface area (Å²) in [6, 6.07) is 4.83. The normalized spacial score (nSPS) is 11.6. The molecule has 0 saturated heterocycles. The zero-order chi connectivity index (χ0) is 18.9. The molecule has 7 nitrogen and oxygen atoms in total. The van der Waals surface area contributed by atoms with Gasteiger partial charge in [-0.25, -0.2) is 17.8 Å². The van der Waals surface area contributed by atoms with E-state index in [1.165, 1.54) is 22.2 Å². The van der Waals surface area contributed by atoms with Gasteiger partial charge in [-0.3, -0.25) is 14.2 Å². The predicted octanol–water partition coefficient (Wildman–Crippen LogP) is 2.03. The van der Waals surface area contributed by atoms with Crippen LogP contribution in [0.5, 0.6) is 0 Å². The molecule has 136 valence electrons. The second-order valence-corrected chi connectivity index (χ2v) is 8.50. The molecule has 2 aromatic heterocycles. The average molecular weight is 395 g/mol. The van der Waals surface area contributed by atoms with E-state index in [2.05, 4.69) is 10.3 Å². The molecule has 0 unspecified atom stereocenters. The summed E-state index contributed by atoms with van der Waals surface area (Å²) in [5.74, 6) is -1.30. The Morgan fingerprint density at radius 2 is 2.12 bits per heavy atom. The van der Waals surface area contributed by atoms with Gasteiger partial charge in [0.05, 0.1) is 22.3 Å². The van der Waals surface area contributed by atoms with Gasteiger partial charge in [0.1, 0.15) is 10.6 Å². The summed E-state index contributed by atoms with van der Waals surface area (Å²) >= 11 is 1.35. The number of halogens is 1. The maximum Gasteiger partial charge on any atom is 0.262 e. The quantitative estimate of drug-likeness (QED) is 0.667. The lowest BCUT2D eigenvalue weighted by atomic mass is 10.3. The fourth-order valence-corrected chi connectivity index (χ4v) is 3.69. The number of amides is 1. The minimum absolute atomic E-state index is 0.0663. The van der Waals surface area contributed by atoms with Gasteiger partial charge in [0.15, 0.2) is 9.84 Å². The Morgan fingerprint density at radius 1 is 1.35 bits per heavy atom. The average Bonchev–Trinajstić information content (AvgIpc) is 3.05. The summed E-state index contributed by atoms with van der Waals surface area (Å²) in [5.41, 5.74) is -0.481. The number of carbonyl (C=O) groups is 1. The van der Waals surface area contributed by atoms with E-state index in [0.29, 0.717) is 10.2 Å². The Bertz CT molecular complexity index is 1150. The number of hydrogen-bond donors (Lipinski definition) is 1. The summed E-state index contributed by atoms with van der Waals surface area (Å²) < 4.78 is 38.2. The Balaban J connectivity index is 1.73. The number of nitrogens with one attached hydrogen (secondary N) is 1. The van der Waals surface area contributed by atoms with Gasteiger partial charge in [-0.05, 0) is 29.6 Å². The van der Waals surface area contributed by atoms with Crippen molar-refractivity contribution in [2.24, 2.45) is 0 Å². The van der Waals surface area contributed by atoms with Crippen LogP contribution in [0.3, 0.4) is 0 Å². The van der Waals surface area contributed by atoms with Crippen LogP contribution in [0.25, 0.3) is 10.2 Å². The van der Waals surface area contributed by atoms with E-state index in [0.717, 1.165) is 24.5 Å². The van der Waals surface area contributed by atoms with Gasteiger partial charge in [-0.1, -0.05) is 0 Å². The van der Waals surface area contributed by atoms with Gasteiger partial charge in [0.25, 0.3) is 5.56 Å². The zero-order valence-electron chi connectivity index (χ0n) is 13.6. The van der Waals surface area contributed by atoms with Gasteiger partial charge < -0.3 is 5.32 Å². The lowest BCUT2D eigenvalue weighted by molar-refractivity contribution is -0.116. The van der Waals surface area contributed by atoms with Crippen LogP contribution in [0.1, 0.15) is 6.42 Å². The highest BCUT2D eigenvalue weighted by Crippen LogP contribution is 2.20. The van der Waals surface area contributed by atoms with Gasteiger partial charge in [-0.2, -0.15) is 0 Å². The Hall–Kier alpha value is -2.59. The maximum absolute atomic E-state index is 13.8. The number of thiophene rings is 1. The van der Waals surface area contributed by atoms with Crippen molar-refractivity contribution in [3.63, 3.8) is 0 Å². The fourth-order valence-electron chi connectivity index (χ4n) is 2.32. The molecule has 0 aliphatic carbocycles. The fraction of sp³-hybridized carbons (Fsp3) is 0.188. The lowest BCUT2D eigenvalue weighted by Gasteiger charge is -2.09. The van der Waals surface area contributed by atoms with Crippen molar-refractivity contribution in [2.75, 3.05) is 11.6 Å². The first-order chi connectivity index (χ1) is 12.3. The van der Waals surface area contributed by atoms with Crippen LogP contribution in [-0.2, 0) is 21.2 Å². The van der Waals surface area contributed by atoms with Crippen molar-refractivity contribution in [1.82, 2.24) is 9.55 Å². The Labute approximate surface area is 152 Å². The van der Waals surface area contributed by atoms with Gasteiger partial charge in [0, 0.05) is 19.2 Å². The molecule has 0 fully saturated rings. The molecule has 26 heavy (non-hydrogen) atoms. The first-order valence-corrected chi connectivity index (χ1v) is 10.2. The third-order valence-corrected chi connectivity index (χ3v) is 5.60. The van der Waals surface area contributed by atoms with Crippen LogP contribution >= 0.6 is 11.3 Å². The van der Waals surface area contributed by atoms with Crippen LogP contribution in [-0.4, -0.2) is 30.1 Å². The third kappa shape index (κ3) is 3.81. The van der Waals surface area contributed by atoms with Crippen molar-refractivity contribution >= 4 is 43.0 Å². The summed E-state index contributed by atoms with van der Waals surface area (Å²) in [4.78, 5) is 29.0. The van der Waals surface area contributed by atoms with Crippen molar-refractivity contribution in [3.8, 4) is 0 Å². The van der Waals surface area contributed by atoms with E-state index in [9.17, 15) is 22.4 Å². The molecule has 0 saturated carbocycles. The number of benzene rings is 1. The second kappa shape index (κ2) is 6.96. The van der Waals surface area contributed by atoms with Gasteiger partial charge in [0.2, 0.25) is 5.91 Å². The van der Waals surface area contributed by atoms with Crippen LogP contribution < -0.4 is 10.9 Å². The minimum Gasteiger partial charge on any atom is -0.324 e. The summed E-state index contributed by atoms with van der Waals surface area (Å²) in [7, 11) is -3.52. The first-order valence-electron chi connectivity index (χ1n) is 7.48. The van der Waals surface area contributed by atoms with E-state index < -0.39 is 21.6 Å². The first kappa shape index (κ1) is 18.2. The molecule has 3 aromatic rings. The van der Waals surface area contributed by atoms with Crippen molar-refractivity contribution in [3.05, 3.63) is 52.1 Å². The molecule has 0 bridgehead atoms. The van der Waals surface area contributed by atoms with Crippen molar-refractivity contribution in [1.29, 1.82) is 0 Å². The number of aromatic nitrogens is 2. The molecule has 0 spiro atoms. The number of hydrogen-bond acceptors (Lipinski definition) is 6. The molecule has 0 radical (unpaired) electrons. The number of fused-ring (bicyclic) bond motifs is 1. The van der Waals surface area contributed by atoms with E-state index >= 15 is 0 Å². The summed E-state index contributed by atoms with van der Waals surface area (Å²) in [6.07, 6.45) is 2.25. The maximum atomic E-state index is 13.8. The second-order valence-electron chi connectivity index (χ2n) is 5.59. The highest BCUT2D eigenvalue weighted by atomic mass is 32.2. The molecule has 0 atom stereocenters. The van der Waals surface area contributed by atoms with Crippen molar-refractivity contribution < 1.29 is 17.6 Å². The largest absolute Gasteiger partial charge is 0.324 e. The topological polar surface area (TPSA) is 98.1 Å². The molecular weight excluding hydrogens is 381 g/mol. The van der Waals surface area contributed by atoms with E-state index in [1.807, 2.05) is 0 Å². The number of anilines is 1. The minimum atomic E-state index is -3.52. The summed E-state index contributed by atoms with van der Waals surface area (Å²) in [6.45, 7) is 0.0663. The van der Waals surface area contributed by atoms with Crippen LogP contribution in [0, 0.1) is 5.82 Å². The van der Waals surface area contributed by atoms with Gasteiger partial charge >= 0.3 is 0 Å². The summed E-state index contributed by atoms with van der Waals surface area (Å²) in [5, 5.41) is 4.57. The standard InChI is InChI=1S/C16H14FN3O4S2/c1-26(23,24)10-2-3-12(17)13(8-10)19-14(21)4-6-20-9-18-15-11(16(20)22)5-7-25-15/h2-3,5,7-9H,4,6H2,1H3,(H,19,21). The van der Waals surface area contributed by atoms with Crippen LogP contribution in [0.15, 0.2) is 45.7 Å². The predicted molar refractivity (Wildman–Crippen MR) is 96.6 cm³/mol. The highest BCUT2D eigenvalue weighted by Gasteiger charge is 2.13. The van der Waals surface area contributed by atoms with E-state index in [-0.39, 0.29) is 29.1 Å². The van der Waals surface area contributed by atoms with Gasteiger partial charge in [-0.15, -0.1) is 11.3 Å². The number of aryl methyl sites for hydroxylation is 1. The van der Waals surface area contributed by atoms with Crippen LogP contribution in [0.2, 0.25) is 0 Å². The van der Waals surface area contributed by atoms with E-state index in [1.54, 1.807) is 11.4 Å².